The molecule has 1 rings (SSSR count). The highest BCUT2D eigenvalue weighted by Crippen LogP contribution is 2.11. The molecule has 4 heteroatoms. The van der Waals surface area contributed by atoms with Gasteiger partial charge in [-0.2, -0.15) is 0 Å². The molecule has 0 aromatic rings. The number of ether oxygens (including phenoxy) is 1. The predicted molar refractivity (Wildman–Crippen MR) is 64.4 cm³/mol. The molecule has 1 heterocycles. The Morgan fingerprint density at radius 3 is 2.44 bits per heavy atom. The largest absolute Gasteiger partial charge is 0.365 e. The van der Waals surface area contributed by atoms with E-state index in [1.807, 2.05) is 25.7 Å². The van der Waals surface area contributed by atoms with Gasteiger partial charge in [0, 0.05) is 13.1 Å². The molecule has 1 aliphatic heterocycles. The van der Waals surface area contributed by atoms with Gasteiger partial charge < -0.3 is 15.0 Å². The minimum atomic E-state index is -0.303. The molecular weight excluding hydrogens is 204 g/mol. The summed E-state index contributed by atoms with van der Waals surface area (Å²) in [6.45, 7) is 9.37. The lowest BCUT2D eigenvalue weighted by atomic mass is 10.1. The molecule has 1 N–H and O–H groups in total. The van der Waals surface area contributed by atoms with Crippen LogP contribution in [0.1, 0.15) is 33.6 Å². The molecule has 1 saturated heterocycles. The van der Waals surface area contributed by atoms with Crippen LogP contribution in [0.4, 0.5) is 0 Å². The van der Waals surface area contributed by atoms with Crippen LogP contribution in [0.3, 0.4) is 0 Å². The third kappa shape index (κ3) is 3.76. The maximum absolute atomic E-state index is 12.0. The Labute approximate surface area is 98.3 Å². The smallest absolute Gasteiger partial charge is 0.251 e. The topological polar surface area (TPSA) is 41.6 Å². The summed E-state index contributed by atoms with van der Waals surface area (Å²) in [5, 5.41) is 3.29. The molecule has 0 aromatic carbocycles. The Hall–Kier alpha value is -0.610. The molecular formula is C12H24N2O2. The van der Waals surface area contributed by atoms with Crippen molar-refractivity contribution in [3.05, 3.63) is 0 Å². The van der Waals surface area contributed by atoms with Gasteiger partial charge in [-0.05, 0) is 46.7 Å². The summed E-state index contributed by atoms with van der Waals surface area (Å²) in [4.78, 5) is 13.8. The number of hydrogen-bond donors (Lipinski definition) is 1. The zero-order valence-electron chi connectivity index (χ0n) is 10.7. The number of carbonyl (C=O) groups excluding carboxylic acids is 1. The van der Waals surface area contributed by atoms with Gasteiger partial charge >= 0.3 is 0 Å². The number of nitrogens with zero attached hydrogens (tertiary/aromatic N) is 1. The highest BCUT2D eigenvalue weighted by Gasteiger charge is 2.23. The number of carbonyl (C=O) groups is 1. The van der Waals surface area contributed by atoms with E-state index in [0.717, 1.165) is 39.0 Å². The van der Waals surface area contributed by atoms with Gasteiger partial charge in [0.2, 0.25) is 0 Å². The van der Waals surface area contributed by atoms with E-state index < -0.39 is 0 Å². The summed E-state index contributed by atoms with van der Waals surface area (Å²) in [7, 11) is 0. The van der Waals surface area contributed by atoms with E-state index in [0.29, 0.717) is 0 Å². The molecule has 0 radical (unpaired) electrons. The van der Waals surface area contributed by atoms with E-state index in [9.17, 15) is 4.79 Å². The Balaban J connectivity index is 2.37. The summed E-state index contributed by atoms with van der Waals surface area (Å²) < 4.78 is 5.81. The second-order valence-corrected chi connectivity index (χ2v) is 4.24. The lowest BCUT2D eigenvalue weighted by molar-refractivity contribution is -0.146. The SMILES string of the molecule is CCN(CC)C(=O)C(C)OC1CCNCC1. The van der Waals surface area contributed by atoms with Gasteiger partial charge in [-0.25, -0.2) is 0 Å². The molecule has 16 heavy (non-hydrogen) atoms. The molecule has 1 atom stereocenters. The van der Waals surface area contributed by atoms with Crippen LogP contribution < -0.4 is 5.32 Å². The average Bonchev–Trinajstić information content (AvgIpc) is 2.31. The second-order valence-electron chi connectivity index (χ2n) is 4.24. The molecule has 0 aromatic heterocycles. The molecule has 0 spiro atoms. The summed E-state index contributed by atoms with van der Waals surface area (Å²) in [5.41, 5.74) is 0. The van der Waals surface area contributed by atoms with Crippen LogP contribution in [0, 0.1) is 0 Å². The summed E-state index contributed by atoms with van der Waals surface area (Å²) >= 11 is 0. The first-order chi connectivity index (χ1) is 7.69. The van der Waals surface area contributed by atoms with Gasteiger partial charge in [-0.1, -0.05) is 0 Å². The van der Waals surface area contributed by atoms with Crippen LogP contribution in [-0.4, -0.2) is 49.2 Å². The number of amides is 1. The number of hydrogen-bond acceptors (Lipinski definition) is 3. The first kappa shape index (κ1) is 13.5. The molecule has 1 fully saturated rings. The third-order valence-electron chi connectivity index (χ3n) is 3.11. The van der Waals surface area contributed by atoms with Gasteiger partial charge in [0.05, 0.1) is 6.10 Å². The fourth-order valence-corrected chi connectivity index (χ4v) is 2.07. The lowest BCUT2D eigenvalue weighted by Crippen LogP contribution is -2.42. The van der Waals surface area contributed by atoms with Gasteiger partial charge in [0.1, 0.15) is 6.10 Å². The van der Waals surface area contributed by atoms with Crippen molar-refractivity contribution in [2.24, 2.45) is 0 Å². The fraction of sp³-hybridized carbons (Fsp3) is 0.917. The van der Waals surface area contributed by atoms with Crippen LogP contribution in [-0.2, 0) is 9.53 Å². The van der Waals surface area contributed by atoms with Crippen molar-refractivity contribution < 1.29 is 9.53 Å². The van der Waals surface area contributed by atoms with Crippen molar-refractivity contribution >= 4 is 5.91 Å². The van der Waals surface area contributed by atoms with Crippen LogP contribution in [0.15, 0.2) is 0 Å². The quantitative estimate of drug-likeness (QED) is 0.763. The maximum atomic E-state index is 12.0. The normalized spacial score (nSPS) is 19.4. The molecule has 0 bridgehead atoms. The maximum Gasteiger partial charge on any atom is 0.251 e. The third-order valence-corrected chi connectivity index (χ3v) is 3.11. The summed E-state index contributed by atoms with van der Waals surface area (Å²) in [6.07, 6.45) is 1.96. The van der Waals surface area contributed by atoms with Crippen molar-refractivity contribution in [3.8, 4) is 0 Å². The molecule has 1 unspecified atom stereocenters. The Morgan fingerprint density at radius 2 is 1.94 bits per heavy atom. The zero-order chi connectivity index (χ0) is 12.0. The average molecular weight is 228 g/mol. The Kier molecular flexibility index (Phi) is 5.77. The van der Waals surface area contributed by atoms with Crippen LogP contribution in [0.25, 0.3) is 0 Å². The van der Waals surface area contributed by atoms with E-state index in [1.165, 1.54) is 0 Å². The lowest BCUT2D eigenvalue weighted by Gasteiger charge is -2.28. The van der Waals surface area contributed by atoms with Crippen LogP contribution in [0.5, 0.6) is 0 Å². The Morgan fingerprint density at radius 1 is 1.38 bits per heavy atom. The first-order valence-electron chi connectivity index (χ1n) is 6.34. The zero-order valence-corrected chi connectivity index (χ0v) is 10.7. The van der Waals surface area contributed by atoms with E-state index in [1.54, 1.807) is 0 Å². The summed E-state index contributed by atoms with van der Waals surface area (Å²) in [6, 6.07) is 0. The summed E-state index contributed by atoms with van der Waals surface area (Å²) in [5.74, 6) is 0.114. The number of piperidine rings is 1. The molecule has 1 amide bonds. The monoisotopic (exact) mass is 228 g/mol. The number of rotatable bonds is 5. The van der Waals surface area contributed by atoms with Gasteiger partial charge in [-0.15, -0.1) is 0 Å². The van der Waals surface area contributed by atoms with E-state index >= 15 is 0 Å². The van der Waals surface area contributed by atoms with Gasteiger partial charge in [0.25, 0.3) is 5.91 Å². The second kappa shape index (κ2) is 6.86. The van der Waals surface area contributed by atoms with Gasteiger partial charge in [-0.3, -0.25) is 4.79 Å². The van der Waals surface area contributed by atoms with Gasteiger partial charge in [0.15, 0.2) is 0 Å². The van der Waals surface area contributed by atoms with Crippen molar-refractivity contribution in [2.45, 2.75) is 45.8 Å². The van der Waals surface area contributed by atoms with Crippen molar-refractivity contribution in [1.82, 2.24) is 10.2 Å². The molecule has 94 valence electrons. The standard InChI is InChI=1S/C12H24N2O2/c1-4-14(5-2)12(15)10(3)16-11-6-8-13-9-7-11/h10-11,13H,4-9H2,1-3H3. The minimum absolute atomic E-state index is 0.114. The Bertz CT molecular complexity index is 211. The van der Waals surface area contributed by atoms with E-state index in [2.05, 4.69) is 5.32 Å². The van der Waals surface area contributed by atoms with E-state index in [-0.39, 0.29) is 18.1 Å². The van der Waals surface area contributed by atoms with Crippen molar-refractivity contribution in [2.75, 3.05) is 26.2 Å². The van der Waals surface area contributed by atoms with Crippen LogP contribution in [0.2, 0.25) is 0 Å². The molecule has 0 aliphatic carbocycles. The van der Waals surface area contributed by atoms with Crippen LogP contribution >= 0.6 is 0 Å². The molecule has 0 saturated carbocycles. The molecule has 4 nitrogen and oxygen atoms in total. The first-order valence-corrected chi connectivity index (χ1v) is 6.34. The number of nitrogens with one attached hydrogen (secondary N) is 1. The fourth-order valence-electron chi connectivity index (χ4n) is 2.07. The minimum Gasteiger partial charge on any atom is -0.365 e. The molecule has 1 aliphatic rings. The van der Waals surface area contributed by atoms with E-state index in [4.69, 9.17) is 4.74 Å². The highest BCUT2D eigenvalue weighted by atomic mass is 16.5. The highest BCUT2D eigenvalue weighted by molar-refractivity contribution is 5.80. The number of likely N-dealkylation sites (N-methyl/N-ethyl adjacent to an activating group) is 1. The van der Waals surface area contributed by atoms with Crippen molar-refractivity contribution in [3.63, 3.8) is 0 Å². The predicted octanol–water partition coefficient (Wildman–Crippen LogP) is 1.01. The van der Waals surface area contributed by atoms with Crippen molar-refractivity contribution in [1.29, 1.82) is 0 Å².